The molecular weight excluding hydrogens is 454 g/mol. The van der Waals surface area contributed by atoms with Crippen molar-refractivity contribution in [3.8, 4) is 5.75 Å². The average molecular weight is 482 g/mol. The van der Waals surface area contributed by atoms with Gasteiger partial charge in [-0.15, -0.1) is 0 Å². The van der Waals surface area contributed by atoms with Crippen LogP contribution in [0.1, 0.15) is 58.1 Å². The quantitative estimate of drug-likeness (QED) is 0.424. The molecule has 3 aromatic rings. The number of rotatable bonds is 6. The van der Waals surface area contributed by atoms with Gasteiger partial charge in [0.2, 0.25) is 5.91 Å². The third-order valence-electron chi connectivity index (χ3n) is 4.88. The van der Waals surface area contributed by atoms with Crippen molar-refractivity contribution in [3.05, 3.63) is 70.2 Å². The van der Waals surface area contributed by atoms with Crippen molar-refractivity contribution in [2.75, 3.05) is 10.6 Å². The zero-order valence-electron chi connectivity index (χ0n) is 19.3. The highest BCUT2D eigenvalue weighted by Crippen LogP contribution is 2.34. The number of phenolic OH excluding ortho intramolecular Hbond substituents is 1. The van der Waals surface area contributed by atoms with Crippen LogP contribution in [0.15, 0.2) is 48.5 Å². The van der Waals surface area contributed by atoms with Gasteiger partial charge in [0.1, 0.15) is 16.7 Å². The van der Waals surface area contributed by atoms with Gasteiger partial charge in [-0.05, 0) is 56.9 Å². The van der Waals surface area contributed by atoms with Gasteiger partial charge >= 0.3 is 0 Å². The van der Waals surface area contributed by atoms with Crippen LogP contribution in [-0.2, 0) is 4.79 Å². The largest absolute Gasteiger partial charge is 0.508 e. The standard InChI is InChI=1S/C24H27N5O4S/c1-13-8-10-14(11-9-13)19(22(32)27-24(2,3)4)29(15-6-5-7-16(30)12-15)23(33)20-17(25)18(21(26)31)28-34-20/h5-12,19,30H,25H2,1-4H3,(H2,26,31)(H,27,32)/t19-/m0/s1. The molecule has 1 heterocycles. The van der Waals surface area contributed by atoms with Crippen LogP contribution in [0.4, 0.5) is 11.4 Å². The van der Waals surface area contributed by atoms with Crippen molar-refractivity contribution >= 4 is 40.6 Å². The maximum atomic E-state index is 13.9. The number of nitrogens with one attached hydrogen (secondary N) is 1. The third-order valence-corrected chi connectivity index (χ3v) is 5.73. The molecule has 0 aliphatic heterocycles. The molecule has 2 aromatic carbocycles. The highest BCUT2D eigenvalue weighted by atomic mass is 32.1. The number of nitrogen functional groups attached to an aromatic ring is 1. The number of nitrogens with zero attached hydrogens (tertiary/aromatic N) is 2. The van der Waals surface area contributed by atoms with Crippen molar-refractivity contribution in [2.24, 2.45) is 5.73 Å². The first-order chi connectivity index (χ1) is 15.9. The van der Waals surface area contributed by atoms with E-state index < -0.39 is 29.3 Å². The zero-order valence-corrected chi connectivity index (χ0v) is 20.1. The van der Waals surface area contributed by atoms with Gasteiger partial charge in [-0.3, -0.25) is 19.3 Å². The molecular formula is C24H27N5O4S. The molecule has 1 atom stereocenters. The first-order valence-corrected chi connectivity index (χ1v) is 11.2. The summed E-state index contributed by atoms with van der Waals surface area (Å²) < 4.78 is 3.92. The van der Waals surface area contributed by atoms with Gasteiger partial charge in [0, 0.05) is 17.3 Å². The zero-order chi connectivity index (χ0) is 25.2. The number of primary amides is 1. The van der Waals surface area contributed by atoms with Gasteiger partial charge in [0.05, 0.1) is 5.69 Å². The highest BCUT2D eigenvalue weighted by Gasteiger charge is 2.37. The summed E-state index contributed by atoms with van der Waals surface area (Å²) >= 11 is 0.718. The fraction of sp³-hybridized carbons (Fsp3) is 0.250. The molecule has 10 heteroatoms. The maximum absolute atomic E-state index is 13.9. The van der Waals surface area contributed by atoms with Gasteiger partial charge in [-0.1, -0.05) is 35.9 Å². The minimum atomic E-state index is -1.12. The summed E-state index contributed by atoms with van der Waals surface area (Å²) in [4.78, 5) is 40.3. The van der Waals surface area contributed by atoms with Crippen LogP contribution in [0.2, 0.25) is 0 Å². The van der Waals surface area contributed by atoms with Crippen LogP contribution in [-0.4, -0.2) is 32.7 Å². The van der Waals surface area contributed by atoms with Gasteiger partial charge in [-0.2, -0.15) is 4.37 Å². The average Bonchev–Trinajstić information content (AvgIpc) is 3.12. The summed E-state index contributed by atoms with van der Waals surface area (Å²) in [6.07, 6.45) is 0. The number of phenols is 1. The van der Waals surface area contributed by atoms with E-state index in [4.69, 9.17) is 11.5 Å². The molecule has 3 amide bonds. The van der Waals surface area contributed by atoms with Crippen LogP contribution in [0.25, 0.3) is 0 Å². The first kappa shape index (κ1) is 24.7. The van der Waals surface area contributed by atoms with E-state index in [1.807, 2.05) is 39.8 Å². The van der Waals surface area contributed by atoms with Gasteiger partial charge in [0.15, 0.2) is 5.69 Å². The SMILES string of the molecule is Cc1ccc([C@@H](C(=O)NC(C)(C)C)N(C(=O)c2snc(C(N)=O)c2N)c2cccc(O)c2)cc1. The molecule has 34 heavy (non-hydrogen) atoms. The van der Waals surface area contributed by atoms with Crippen molar-refractivity contribution in [1.29, 1.82) is 0 Å². The predicted octanol–water partition coefficient (Wildman–Crippen LogP) is 3.14. The minimum Gasteiger partial charge on any atom is -0.508 e. The van der Waals surface area contributed by atoms with Crippen molar-refractivity contribution in [2.45, 2.75) is 39.3 Å². The smallest absolute Gasteiger partial charge is 0.273 e. The molecule has 0 saturated carbocycles. The van der Waals surface area contributed by atoms with E-state index in [0.29, 0.717) is 5.56 Å². The van der Waals surface area contributed by atoms with Crippen molar-refractivity contribution in [1.82, 2.24) is 9.69 Å². The Kier molecular flexibility index (Phi) is 6.92. The Balaban J connectivity index is 2.24. The van der Waals surface area contributed by atoms with Gasteiger partial charge in [0.25, 0.3) is 11.8 Å². The lowest BCUT2D eigenvalue weighted by Crippen LogP contribution is -2.49. The minimum absolute atomic E-state index is 0.0437. The van der Waals surface area contributed by atoms with Crippen LogP contribution < -0.4 is 21.7 Å². The molecule has 0 radical (unpaired) electrons. The number of anilines is 2. The molecule has 0 spiro atoms. The number of aryl methyl sites for hydroxylation is 1. The Morgan fingerprint density at radius 3 is 2.29 bits per heavy atom. The van der Waals surface area contributed by atoms with E-state index in [1.54, 1.807) is 24.3 Å². The molecule has 3 rings (SSSR count). The fourth-order valence-electron chi connectivity index (χ4n) is 3.37. The summed E-state index contributed by atoms with van der Waals surface area (Å²) in [5, 5.41) is 13.1. The van der Waals surface area contributed by atoms with Crippen LogP contribution in [0, 0.1) is 6.92 Å². The number of benzene rings is 2. The molecule has 1 aromatic heterocycles. The van der Waals surface area contributed by atoms with E-state index in [-0.39, 0.29) is 27.7 Å². The van der Waals surface area contributed by atoms with Crippen LogP contribution >= 0.6 is 11.5 Å². The molecule has 0 saturated heterocycles. The first-order valence-electron chi connectivity index (χ1n) is 10.4. The van der Waals surface area contributed by atoms with Gasteiger partial charge in [-0.25, -0.2) is 0 Å². The number of amides is 3. The molecule has 0 unspecified atom stereocenters. The van der Waals surface area contributed by atoms with E-state index in [2.05, 4.69) is 9.69 Å². The molecule has 9 nitrogen and oxygen atoms in total. The van der Waals surface area contributed by atoms with E-state index in [0.717, 1.165) is 17.1 Å². The number of nitrogens with two attached hydrogens (primary N) is 2. The second kappa shape index (κ2) is 9.52. The monoisotopic (exact) mass is 481 g/mol. The predicted molar refractivity (Wildman–Crippen MR) is 132 cm³/mol. The summed E-state index contributed by atoms with van der Waals surface area (Å²) in [6, 6.07) is 12.1. The lowest BCUT2D eigenvalue weighted by molar-refractivity contribution is -0.123. The summed E-state index contributed by atoms with van der Waals surface area (Å²) in [5.41, 5.74) is 12.2. The Morgan fingerprint density at radius 2 is 1.76 bits per heavy atom. The summed E-state index contributed by atoms with van der Waals surface area (Å²) in [7, 11) is 0. The van der Waals surface area contributed by atoms with E-state index >= 15 is 0 Å². The molecule has 6 N–H and O–H groups in total. The number of hydrogen-bond donors (Lipinski definition) is 4. The fourth-order valence-corrected chi connectivity index (χ4v) is 4.11. The summed E-state index contributed by atoms with van der Waals surface area (Å²) in [5.74, 6) is -2.06. The molecule has 0 bridgehead atoms. The molecule has 0 aliphatic rings. The lowest BCUT2D eigenvalue weighted by Gasteiger charge is -2.33. The van der Waals surface area contributed by atoms with Crippen molar-refractivity contribution < 1.29 is 19.5 Å². The Hall–Kier alpha value is -3.92. The topological polar surface area (TPSA) is 152 Å². The molecule has 178 valence electrons. The molecule has 0 aliphatic carbocycles. The van der Waals surface area contributed by atoms with E-state index in [9.17, 15) is 19.5 Å². The van der Waals surface area contributed by atoms with Crippen molar-refractivity contribution in [3.63, 3.8) is 0 Å². The Morgan fingerprint density at radius 1 is 1.12 bits per heavy atom. The third kappa shape index (κ3) is 5.34. The second-order valence-corrected chi connectivity index (χ2v) is 9.66. The highest BCUT2D eigenvalue weighted by molar-refractivity contribution is 7.09. The number of carbonyl (C=O) groups is 3. The molecule has 0 fully saturated rings. The number of aromatic nitrogens is 1. The summed E-state index contributed by atoms with van der Waals surface area (Å²) in [6.45, 7) is 7.41. The normalized spacial score (nSPS) is 12.1. The lowest BCUT2D eigenvalue weighted by atomic mass is 9.99. The van der Waals surface area contributed by atoms with Gasteiger partial charge < -0.3 is 21.9 Å². The Bertz CT molecular complexity index is 1230. The Labute approximate surface area is 201 Å². The second-order valence-electron chi connectivity index (χ2n) is 8.89. The van der Waals surface area contributed by atoms with Crippen LogP contribution in [0.5, 0.6) is 5.75 Å². The number of carbonyl (C=O) groups excluding carboxylic acids is 3. The number of hydrogen-bond acceptors (Lipinski definition) is 7. The van der Waals surface area contributed by atoms with Crippen LogP contribution in [0.3, 0.4) is 0 Å². The number of aromatic hydroxyl groups is 1. The van der Waals surface area contributed by atoms with E-state index in [1.165, 1.54) is 17.0 Å². The maximum Gasteiger partial charge on any atom is 0.273 e.